The maximum absolute atomic E-state index is 13.7. The van der Waals surface area contributed by atoms with E-state index in [-0.39, 0.29) is 17.1 Å². The average Bonchev–Trinajstić information content (AvgIpc) is 3.08. The standard InChI is InChI=1S/C28H25NO3/c1-4-19-10-12-21(13-11-19)25-24-26(30)22-14-17(2)18(3)15-23(22)32-27(24)28(31)29(25)16-20-8-6-5-7-9-20/h5-15,25H,4,16H2,1-3H3/t25-/m0/s1. The molecular weight excluding hydrogens is 398 g/mol. The third-order valence-electron chi connectivity index (χ3n) is 6.48. The fourth-order valence-corrected chi connectivity index (χ4v) is 4.50. The van der Waals surface area contributed by atoms with Crippen LogP contribution in [0.3, 0.4) is 0 Å². The summed E-state index contributed by atoms with van der Waals surface area (Å²) < 4.78 is 6.11. The van der Waals surface area contributed by atoms with Gasteiger partial charge in [-0.2, -0.15) is 0 Å². The lowest BCUT2D eigenvalue weighted by molar-refractivity contribution is 0.0714. The van der Waals surface area contributed by atoms with Crippen molar-refractivity contribution >= 4 is 16.9 Å². The molecule has 1 atom stereocenters. The van der Waals surface area contributed by atoms with E-state index >= 15 is 0 Å². The summed E-state index contributed by atoms with van der Waals surface area (Å²) in [5.74, 6) is -0.0862. The first kappa shape index (κ1) is 20.3. The number of nitrogens with zero attached hydrogens (tertiary/aromatic N) is 1. The number of hydrogen-bond donors (Lipinski definition) is 0. The fourth-order valence-electron chi connectivity index (χ4n) is 4.50. The summed E-state index contributed by atoms with van der Waals surface area (Å²) in [5, 5.41) is 0.524. The first-order valence-corrected chi connectivity index (χ1v) is 11.0. The Morgan fingerprint density at radius 2 is 1.56 bits per heavy atom. The summed E-state index contributed by atoms with van der Waals surface area (Å²) in [4.78, 5) is 29.0. The molecule has 0 fully saturated rings. The predicted octanol–water partition coefficient (Wildman–Crippen LogP) is 5.72. The van der Waals surface area contributed by atoms with E-state index in [0.29, 0.717) is 23.1 Å². The molecule has 1 aliphatic rings. The predicted molar refractivity (Wildman–Crippen MR) is 126 cm³/mol. The molecule has 4 aromatic rings. The minimum Gasteiger partial charge on any atom is -0.450 e. The molecular formula is C28H25NO3. The lowest BCUT2D eigenvalue weighted by Gasteiger charge is -2.25. The van der Waals surface area contributed by atoms with Crippen LogP contribution in [0.2, 0.25) is 0 Å². The third kappa shape index (κ3) is 3.23. The van der Waals surface area contributed by atoms with Gasteiger partial charge in [0.2, 0.25) is 5.76 Å². The van der Waals surface area contributed by atoms with Gasteiger partial charge in [0, 0.05) is 6.54 Å². The van der Waals surface area contributed by atoms with Crippen molar-refractivity contribution in [2.75, 3.05) is 0 Å². The maximum atomic E-state index is 13.7. The number of amides is 1. The maximum Gasteiger partial charge on any atom is 0.291 e. The van der Waals surface area contributed by atoms with Gasteiger partial charge < -0.3 is 9.32 Å². The van der Waals surface area contributed by atoms with Gasteiger partial charge in [0.05, 0.1) is 17.0 Å². The lowest BCUT2D eigenvalue weighted by Crippen LogP contribution is -2.29. The smallest absolute Gasteiger partial charge is 0.291 e. The molecule has 5 rings (SSSR count). The monoisotopic (exact) mass is 423 g/mol. The first-order chi connectivity index (χ1) is 15.5. The van der Waals surface area contributed by atoms with Gasteiger partial charge in [0.25, 0.3) is 5.91 Å². The van der Waals surface area contributed by atoms with Crippen molar-refractivity contribution in [1.82, 2.24) is 4.90 Å². The Morgan fingerprint density at radius 1 is 0.875 bits per heavy atom. The zero-order chi connectivity index (χ0) is 22.4. The van der Waals surface area contributed by atoms with Crippen molar-refractivity contribution in [2.45, 2.75) is 39.8 Å². The van der Waals surface area contributed by atoms with Crippen LogP contribution in [0.25, 0.3) is 11.0 Å². The van der Waals surface area contributed by atoms with E-state index in [1.54, 1.807) is 4.90 Å². The van der Waals surface area contributed by atoms with Crippen LogP contribution in [0, 0.1) is 13.8 Å². The highest BCUT2D eigenvalue weighted by Crippen LogP contribution is 2.39. The second kappa shape index (κ2) is 7.79. The Kier molecular flexibility index (Phi) is 4.93. The molecule has 0 N–H and O–H groups in total. The Labute approximate surface area is 187 Å². The van der Waals surface area contributed by atoms with Crippen molar-refractivity contribution in [3.63, 3.8) is 0 Å². The van der Waals surface area contributed by atoms with E-state index in [0.717, 1.165) is 28.7 Å². The molecule has 0 saturated carbocycles. The quantitative estimate of drug-likeness (QED) is 0.422. The SMILES string of the molecule is CCc1ccc([C@H]2c3c(oc4cc(C)c(C)cc4c3=O)C(=O)N2Cc2ccccc2)cc1. The van der Waals surface area contributed by atoms with Gasteiger partial charge >= 0.3 is 0 Å². The molecule has 160 valence electrons. The van der Waals surface area contributed by atoms with Gasteiger partial charge in [0.15, 0.2) is 5.43 Å². The van der Waals surface area contributed by atoms with E-state index in [4.69, 9.17) is 4.42 Å². The molecule has 0 saturated heterocycles. The van der Waals surface area contributed by atoms with Crippen LogP contribution in [-0.2, 0) is 13.0 Å². The largest absolute Gasteiger partial charge is 0.450 e. The van der Waals surface area contributed by atoms with E-state index in [2.05, 4.69) is 19.1 Å². The number of aryl methyl sites for hydroxylation is 3. The van der Waals surface area contributed by atoms with Gasteiger partial charge in [-0.05, 0) is 60.2 Å². The van der Waals surface area contributed by atoms with Crippen LogP contribution in [0.1, 0.15) is 56.9 Å². The average molecular weight is 424 g/mol. The number of fused-ring (bicyclic) bond motifs is 2. The molecule has 0 bridgehead atoms. The molecule has 1 aromatic heterocycles. The molecule has 3 aromatic carbocycles. The Hall–Kier alpha value is -3.66. The summed E-state index contributed by atoms with van der Waals surface area (Å²) in [6.07, 6.45) is 0.930. The van der Waals surface area contributed by atoms with Crippen molar-refractivity contribution < 1.29 is 9.21 Å². The van der Waals surface area contributed by atoms with Crippen LogP contribution in [0.5, 0.6) is 0 Å². The second-order valence-corrected chi connectivity index (χ2v) is 8.52. The Balaban J connectivity index is 1.73. The minimum absolute atomic E-state index is 0.127. The summed E-state index contributed by atoms with van der Waals surface area (Å²) >= 11 is 0. The molecule has 0 radical (unpaired) electrons. The van der Waals surface area contributed by atoms with Crippen molar-refractivity contribution in [3.05, 3.63) is 116 Å². The van der Waals surface area contributed by atoms with Crippen molar-refractivity contribution in [2.24, 2.45) is 0 Å². The normalized spacial score (nSPS) is 15.4. The van der Waals surface area contributed by atoms with Crippen molar-refractivity contribution in [1.29, 1.82) is 0 Å². The van der Waals surface area contributed by atoms with Crippen molar-refractivity contribution in [3.8, 4) is 0 Å². The van der Waals surface area contributed by atoms with E-state index < -0.39 is 6.04 Å². The van der Waals surface area contributed by atoms with Gasteiger partial charge in [-0.25, -0.2) is 0 Å². The highest BCUT2D eigenvalue weighted by molar-refractivity contribution is 5.99. The third-order valence-corrected chi connectivity index (χ3v) is 6.48. The van der Waals surface area contributed by atoms with Crippen LogP contribution in [0.4, 0.5) is 0 Å². The van der Waals surface area contributed by atoms with Crippen LogP contribution < -0.4 is 5.43 Å². The van der Waals surface area contributed by atoms with Crippen LogP contribution in [-0.4, -0.2) is 10.8 Å². The summed E-state index contributed by atoms with van der Waals surface area (Å²) in [7, 11) is 0. The van der Waals surface area contributed by atoms with Crippen LogP contribution >= 0.6 is 0 Å². The molecule has 0 spiro atoms. The molecule has 4 heteroatoms. The molecule has 0 unspecified atom stereocenters. The highest BCUT2D eigenvalue weighted by Gasteiger charge is 2.42. The molecule has 0 aliphatic carbocycles. The summed E-state index contributed by atoms with van der Waals surface area (Å²) in [5.41, 5.74) is 5.96. The summed E-state index contributed by atoms with van der Waals surface area (Å²) in [6, 6.07) is 21.3. The lowest BCUT2D eigenvalue weighted by atomic mass is 9.96. The van der Waals surface area contributed by atoms with Gasteiger partial charge in [-0.1, -0.05) is 61.5 Å². The fraction of sp³-hybridized carbons (Fsp3) is 0.214. The number of benzene rings is 3. The highest BCUT2D eigenvalue weighted by atomic mass is 16.3. The van der Waals surface area contributed by atoms with Gasteiger partial charge in [-0.3, -0.25) is 9.59 Å². The second-order valence-electron chi connectivity index (χ2n) is 8.52. The number of carbonyl (C=O) groups is 1. The van der Waals surface area contributed by atoms with Gasteiger partial charge in [-0.15, -0.1) is 0 Å². The molecule has 32 heavy (non-hydrogen) atoms. The molecule has 4 nitrogen and oxygen atoms in total. The molecule has 2 heterocycles. The first-order valence-electron chi connectivity index (χ1n) is 11.0. The van der Waals surface area contributed by atoms with E-state index in [1.807, 2.05) is 68.4 Å². The summed E-state index contributed by atoms with van der Waals surface area (Å²) in [6.45, 7) is 6.47. The molecule has 1 aliphatic heterocycles. The number of hydrogen-bond acceptors (Lipinski definition) is 3. The number of carbonyl (C=O) groups excluding carboxylic acids is 1. The Bertz CT molecular complexity index is 1380. The molecule has 1 amide bonds. The van der Waals surface area contributed by atoms with E-state index in [1.165, 1.54) is 5.56 Å². The zero-order valence-corrected chi connectivity index (χ0v) is 18.5. The topological polar surface area (TPSA) is 50.5 Å². The Morgan fingerprint density at radius 3 is 2.25 bits per heavy atom. The van der Waals surface area contributed by atoms with Crippen LogP contribution in [0.15, 0.2) is 75.9 Å². The minimum atomic E-state index is -0.481. The zero-order valence-electron chi connectivity index (χ0n) is 18.5. The van der Waals surface area contributed by atoms with Gasteiger partial charge in [0.1, 0.15) is 5.58 Å². The number of rotatable bonds is 4. The van der Waals surface area contributed by atoms with E-state index in [9.17, 15) is 9.59 Å².